The highest BCUT2D eigenvalue weighted by molar-refractivity contribution is 5.99. The van der Waals surface area contributed by atoms with Crippen LogP contribution in [0.15, 0.2) is 11.6 Å². The average Bonchev–Trinajstić information content (AvgIpc) is 2.94. The molecule has 0 N–H and O–H groups in total. The summed E-state index contributed by atoms with van der Waals surface area (Å²) in [4.78, 5) is 14.7. The normalized spacial score (nSPS) is 28.4. The molecule has 1 unspecified atom stereocenters. The van der Waals surface area contributed by atoms with E-state index < -0.39 is 0 Å². The number of unbranched alkanes of at least 4 members (excludes halogenated alkanes) is 2. The van der Waals surface area contributed by atoms with Crippen molar-refractivity contribution in [3.63, 3.8) is 0 Å². The van der Waals surface area contributed by atoms with Gasteiger partial charge in [0.2, 0.25) is 0 Å². The number of Topliss-reactive ketones (excluding diaryl/α,β-unsaturated/α-hetero) is 1. The lowest BCUT2D eigenvalue weighted by molar-refractivity contribution is -0.118. The molecule has 1 heterocycles. The number of hydrogen-bond acceptors (Lipinski definition) is 2. The lowest BCUT2D eigenvalue weighted by Gasteiger charge is -2.18. The van der Waals surface area contributed by atoms with Gasteiger partial charge in [-0.15, -0.1) is 0 Å². The van der Waals surface area contributed by atoms with Gasteiger partial charge in [0.05, 0.1) is 0 Å². The third-order valence-corrected chi connectivity index (χ3v) is 4.08. The summed E-state index contributed by atoms with van der Waals surface area (Å²) in [5.74, 6) is 0.758. The molecule has 0 aromatic rings. The van der Waals surface area contributed by atoms with Crippen LogP contribution in [0.5, 0.6) is 0 Å². The first-order valence-corrected chi connectivity index (χ1v) is 7.27. The summed E-state index contributed by atoms with van der Waals surface area (Å²) in [7, 11) is 0. The summed E-state index contributed by atoms with van der Waals surface area (Å²) in [6.45, 7) is 5.63. The van der Waals surface area contributed by atoms with E-state index in [4.69, 9.17) is 0 Å². The number of nitrogens with zero attached hydrogens (tertiary/aromatic N) is 1. The van der Waals surface area contributed by atoms with Crippen LogP contribution in [0, 0.1) is 5.92 Å². The Balaban J connectivity index is 1.81. The van der Waals surface area contributed by atoms with Crippen molar-refractivity contribution in [2.75, 3.05) is 19.6 Å². The number of hydrogen-bond donors (Lipinski definition) is 0. The highest BCUT2D eigenvalue weighted by atomic mass is 16.1. The molecule has 0 aromatic heterocycles. The molecule has 2 nitrogen and oxygen atoms in total. The van der Waals surface area contributed by atoms with Crippen LogP contribution in [-0.4, -0.2) is 30.3 Å². The second kappa shape index (κ2) is 6.34. The van der Waals surface area contributed by atoms with Gasteiger partial charge >= 0.3 is 0 Å². The van der Waals surface area contributed by atoms with E-state index in [1.807, 2.05) is 0 Å². The molecule has 2 heteroatoms. The van der Waals surface area contributed by atoms with Gasteiger partial charge in [-0.05, 0) is 50.8 Å². The Morgan fingerprint density at radius 2 is 2.12 bits per heavy atom. The molecule has 17 heavy (non-hydrogen) atoms. The van der Waals surface area contributed by atoms with Crippen molar-refractivity contribution < 1.29 is 4.79 Å². The number of carbonyl (C=O) groups excluding carboxylic acids is 1. The van der Waals surface area contributed by atoms with Crippen molar-refractivity contribution in [2.24, 2.45) is 5.92 Å². The van der Waals surface area contributed by atoms with E-state index in [0.29, 0.717) is 11.7 Å². The van der Waals surface area contributed by atoms with E-state index in [0.717, 1.165) is 31.4 Å². The third-order valence-electron chi connectivity index (χ3n) is 4.08. The second-order valence-corrected chi connectivity index (χ2v) is 5.48. The van der Waals surface area contributed by atoms with E-state index in [-0.39, 0.29) is 0 Å². The molecule has 2 fully saturated rings. The molecule has 2 aliphatic rings. The van der Waals surface area contributed by atoms with Crippen LogP contribution < -0.4 is 0 Å². The minimum absolute atomic E-state index is 0.306. The van der Waals surface area contributed by atoms with Crippen LogP contribution in [-0.2, 0) is 4.79 Å². The Kier molecular flexibility index (Phi) is 4.78. The van der Waals surface area contributed by atoms with Crippen molar-refractivity contribution in [3.05, 3.63) is 11.6 Å². The standard InChI is InChI=1S/C15H25NO/c1-2-3-4-7-13-8-9-14(15(13)17)12-16-10-5-6-11-16/h7,14H,2-6,8-12H2,1H3/b13-7+. The number of likely N-dealkylation sites (tertiary alicyclic amines) is 1. The first-order chi connectivity index (χ1) is 8.31. The summed E-state index contributed by atoms with van der Waals surface area (Å²) >= 11 is 0. The number of rotatable bonds is 5. The molecule has 0 radical (unpaired) electrons. The highest BCUT2D eigenvalue weighted by Gasteiger charge is 2.30. The molecule has 96 valence electrons. The van der Waals surface area contributed by atoms with Crippen molar-refractivity contribution in [1.82, 2.24) is 4.90 Å². The van der Waals surface area contributed by atoms with Gasteiger partial charge < -0.3 is 4.90 Å². The van der Waals surface area contributed by atoms with Gasteiger partial charge in [0.1, 0.15) is 0 Å². The highest BCUT2D eigenvalue weighted by Crippen LogP contribution is 2.28. The summed E-state index contributed by atoms with van der Waals surface area (Å²) in [5.41, 5.74) is 1.13. The van der Waals surface area contributed by atoms with Gasteiger partial charge in [-0.25, -0.2) is 0 Å². The summed E-state index contributed by atoms with van der Waals surface area (Å²) < 4.78 is 0. The minimum atomic E-state index is 0.306. The third kappa shape index (κ3) is 3.41. The molecule has 1 atom stereocenters. The van der Waals surface area contributed by atoms with Crippen molar-refractivity contribution in [3.8, 4) is 0 Å². The zero-order valence-electron chi connectivity index (χ0n) is 11.1. The van der Waals surface area contributed by atoms with Gasteiger partial charge in [-0.1, -0.05) is 25.8 Å². The first-order valence-electron chi connectivity index (χ1n) is 7.27. The fourth-order valence-corrected chi connectivity index (χ4v) is 2.98. The molecule has 2 rings (SSSR count). The van der Waals surface area contributed by atoms with Crippen molar-refractivity contribution in [1.29, 1.82) is 0 Å². The van der Waals surface area contributed by atoms with Gasteiger partial charge in [-0.3, -0.25) is 4.79 Å². The zero-order valence-corrected chi connectivity index (χ0v) is 11.1. The molecule has 0 spiro atoms. The first kappa shape index (κ1) is 12.8. The quantitative estimate of drug-likeness (QED) is 0.539. The Bertz CT molecular complexity index is 289. The predicted molar refractivity (Wildman–Crippen MR) is 71.0 cm³/mol. The Morgan fingerprint density at radius 3 is 2.82 bits per heavy atom. The zero-order chi connectivity index (χ0) is 12.1. The largest absolute Gasteiger partial charge is 0.303 e. The maximum Gasteiger partial charge on any atom is 0.162 e. The summed E-state index contributed by atoms with van der Waals surface area (Å²) in [6.07, 6.45) is 10.5. The Hall–Kier alpha value is -0.630. The number of carbonyl (C=O) groups is 1. The summed E-state index contributed by atoms with van der Waals surface area (Å²) in [5, 5.41) is 0. The maximum absolute atomic E-state index is 12.2. The molecular formula is C15H25NO. The Labute approximate surface area is 105 Å². The van der Waals surface area contributed by atoms with Gasteiger partial charge in [0, 0.05) is 12.5 Å². The minimum Gasteiger partial charge on any atom is -0.303 e. The second-order valence-electron chi connectivity index (χ2n) is 5.48. The van der Waals surface area contributed by atoms with Gasteiger partial charge in [0.25, 0.3) is 0 Å². The number of ketones is 1. The maximum atomic E-state index is 12.2. The van der Waals surface area contributed by atoms with Crippen LogP contribution in [0.1, 0.15) is 51.9 Å². The molecule has 1 saturated heterocycles. The van der Waals surface area contributed by atoms with Crippen LogP contribution >= 0.6 is 0 Å². The van der Waals surface area contributed by atoms with Crippen molar-refractivity contribution >= 4 is 5.78 Å². The van der Waals surface area contributed by atoms with Crippen LogP contribution in [0.2, 0.25) is 0 Å². The molecule has 0 aromatic carbocycles. The molecular weight excluding hydrogens is 210 g/mol. The topological polar surface area (TPSA) is 20.3 Å². The average molecular weight is 235 g/mol. The molecule has 0 amide bonds. The summed E-state index contributed by atoms with van der Waals surface area (Å²) in [6, 6.07) is 0. The fraction of sp³-hybridized carbons (Fsp3) is 0.800. The van der Waals surface area contributed by atoms with E-state index in [1.165, 1.54) is 38.8 Å². The van der Waals surface area contributed by atoms with E-state index in [9.17, 15) is 4.79 Å². The smallest absolute Gasteiger partial charge is 0.162 e. The molecule has 0 bridgehead atoms. The van der Waals surface area contributed by atoms with Crippen LogP contribution in [0.3, 0.4) is 0 Å². The van der Waals surface area contributed by atoms with E-state index in [2.05, 4.69) is 17.9 Å². The van der Waals surface area contributed by atoms with Crippen molar-refractivity contribution in [2.45, 2.75) is 51.9 Å². The van der Waals surface area contributed by atoms with Gasteiger partial charge in [0.15, 0.2) is 5.78 Å². The SMILES string of the molecule is CCCC/C=C1\CCC(CN2CCCC2)C1=O. The monoisotopic (exact) mass is 235 g/mol. The molecule has 1 aliphatic heterocycles. The van der Waals surface area contributed by atoms with E-state index >= 15 is 0 Å². The number of allylic oxidation sites excluding steroid dienone is 2. The van der Waals surface area contributed by atoms with Crippen LogP contribution in [0.25, 0.3) is 0 Å². The predicted octanol–water partition coefficient (Wildman–Crippen LogP) is 3.18. The Morgan fingerprint density at radius 1 is 1.35 bits per heavy atom. The van der Waals surface area contributed by atoms with E-state index in [1.54, 1.807) is 0 Å². The lowest BCUT2D eigenvalue weighted by atomic mass is 10.1. The lowest BCUT2D eigenvalue weighted by Crippen LogP contribution is -2.28. The molecule has 1 aliphatic carbocycles. The molecule has 1 saturated carbocycles. The fourth-order valence-electron chi connectivity index (χ4n) is 2.98. The van der Waals surface area contributed by atoms with Crippen LogP contribution in [0.4, 0.5) is 0 Å². The van der Waals surface area contributed by atoms with Gasteiger partial charge in [-0.2, -0.15) is 0 Å².